The van der Waals surface area contributed by atoms with Crippen molar-refractivity contribution in [2.45, 2.75) is 19.0 Å². The molecule has 0 saturated carbocycles. The number of sulfone groups is 1. The molecule has 1 heterocycles. The third kappa shape index (κ3) is 4.67. The third-order valence-electron chi connectivity index (χ3n) is 4.22. The molecule has 1 atom stereocenters. The molecular weight excluding hydrogens is 335 g/mol. The third-order valence-corrected chi connectivity index (χ3v) is 5.97. The van der Waals surface area contributed by atoms with Crippen LogP contribution in [-0.2, 0) is 21.2 Å². The van der Waals surface area contributed by atoms with E-state index in [2.05, 4.69) is 0 Å². The van der Waals surface area contributed by atoms with E-state index in [4.69, 9.17) is 4.74 Å². The Balaban J connectivity index is 1.90. The van der Waals surface area contributed by atoms with Crippen molar-refractivity contribution in [1.29, 1.82) is 0 Å². The van der Waals surface area contributed by atoms with Crippen molar-refractivity contribution in [2.75, 3.05) is 39.3 Å². The summed E-state index contributed by atoms with van der Waals surface area (Å²) in [5.74, 6) is -0.241. The topological polar surface area (TPSA) is 66.9 Å². The van der Waals surface area contributed by atoms with E-state index in [0.29, 0.717) is 13.0 Å². The van der Waals surface area contributed by atoms with Crippen molar-refractivity contribution in [3.05, 3.63) is 29.6 Å². The molecule has 1 aromatic carbocycles. The molecule has 24 heavy (non-hydrogen) atoms. The molecule has 6 nitrogen and oxygen atoms in total. The molecule has 134 valence electrons. The van der Waals surface area contributed by atoms with Crippen LogP contribution in [0.15, 0.2) is 18.2 Å². The predicted octanol–water partition coefficient (Wildman–Crippen LogP) is 0.912. The average molecular weight is 358 g/mol. The average Bonchev–Trinajstić information content (AvgIpc) is 2.86. The number of methoxy groups -OCH3 is 1. The molecule has 0 N–H and O–H groups in total. The Bertz CT molecular complexity index is 708. The number of carbonyl (C=O) groups is 1. The zero-order valence-corrected chi connectivity index (χ0v) is 15.0. The van der Waals surface area contributed by atoms with E-state index in [1.54, 1.807) is 31.1 Å². The molecule has 0 spiro atoms. The van der Waals surface area contributed by atoms with Crippen LogP contribution in [0.3, 0.4) is 0 Å². The van der Waals surface area contributed by atoms with Gasteiger partial charge in [0.15, 0.2) is 21.4 Å². The Labute approximate surface area is 142 Å². The second-order valence-electron chi connectivity index (χ2n) is 6.20. The van der Waals surface area contributed by atoms with Crippen LogP contribution in [0.25, 0.3) is 0 Å². The van der Waals surface area contributed by atoms with Gasteiger partial charge in [-0.25, -0.2) is 12.8 Å². The summed E-state index contributed by atoms with van der Waals surface area (Å²) >= 11 is 0. The van der Waals surface area contributed by atoms with Crippen LogP contribution in [0.5, 0.6) is 5.75 Å². The lowest BCUT2D eigenvalue weighted by Gasteiger charge is -2.26. The SMILES string of the molecule is COc1ccc(CN(C)CC(=O)N(C)C2CCS(=O)(=O)C2)cc1F. The van der Waals surface area contributed by atoms with Crippen LogP contribution in [0.1, 0.15) is 12.0 Å². The number of hydrogen-bond acceptors (Lipinski definition) is 5. The Morgan fingerprint density at radius 3 is 2.62 bits per heavy atom. The van der Waals surface area contributed by atoms with Gasteiger partial charge in [0.05, 0.1) is 25.2 Å². The van der Waals surface area contributed by atoms with Gasteiger partial charge in [-0.1, -0.05) is 6.07 Å². The molecule has 0 radical (unpaired) electrons. The van der Waals surface area contributed by atoms with E-state index >= 15 is 0 Å². The van der Waals surface area contributed by atoms with Gasteiger partial charge in [0.2, 0.25) is 5.91 Å². The lowest BCUT2D eigenvalue weighted by molar-refractivity contribution is -0.132. The van der Waals surface area contributed by atoms with Gasteiger partial charge in [0.25, 0.3) is 0 Å². The van der Waals surface area contributed by atoms with Gasteiger partial charge in [-0.05, 0) is 31.2 Å². The predicted molar refractivity (Wildman–Crippen MR) is 89.1 cm³/mol. The molecule has 0 aliphatic carbocycles. The second kappa shape index (κ2) is 7.48. The van der Waals surface area contributed by atoms with Crippen LogP contribution < -0.4 is 4.74 Å². The monoisotopic (exact) mass is 358 g/mol. The first-order valence-corrected chi connectivity index (χ1v) is 9.51. The van der Waals surface area contributed by atoms with Gasteiger partial charge < -0.3 is 9.64 Å². The van der Waals surface area contributed by atoms with Crippen molar-refractivity contribution in [1.82, 2.24) is 9.80 Å². The number of hydrogen-bond donors (Lipinski definition) is 0. The van der Waals surface area contributed by atoms with Crippen LogP contribution in [-0.4, -0.2) is 69.4 Å². The standard InChI is InChI=1S/C16H23FN2O4S/c1-18(9-12-4-5-15(23-3)14(17)8-12)10-16(20)19(2)13-6-7-24(21,22)11-13/h4-5,8,13H,6-7,9-11H2,1-3H3. The number of amides is 1. The molecule has 0 bridgehead atoms. The maximum Gasteiger partial charge on any atom is 0.236 e. The number of rotatable bonds is 6. The van der Waals surface area contributed by atoms with Gasteiger partial charge >= 0.3 is 0 Å². The number of ether oxygens (including phenoxy) is 1. The molecule has 2 rings (SSSR count). The fourth-order valence-electron chi connectivity index (χ4n) is 2.80. The molecular formula is C16H23FN2O4S. The lowest BCUT2D eigenvalue weighted by Crippen LogP contribution is -2.42. The van der Waals surface area contributed by atoms with Crippen LogP contribution >= 0.6 is 0 Å². The van der Waals surface area contributed by atoms with E-state index < -0.39 is 15.7 Å². The quantitative estimate of drug-likeness (QED) is 0.756. The summed E-state index contributed by atoms with van der Waals surface area (Å²) in [7, 11) is 1.78. The molecule has 0 aromatic heterocycles. The van der Waals surface area contributed by atoms with Crippen molar-refractivity contribution >= 4 is 15.7 Å². The van der Waals surface area contributed by atoms with E-state index in [9.17, 15) is 17.6 Å². The zero-order chi connectivity index (χ0) is 17.9. The van der Waals surface area contributed by atoms with Gasteiger partial charge in [0, 0.05) is 19.6 Å². The van der Waals surface area contributed by atoms with E-state index in [1.165, 1.54) is 18.1 Å². The van der Waals surface area contributed by atoms with Crippen molar-refractivity contribution in [3.8, 4) is 5.75 Å². The summed E-state index contributed by atoms with van der Waals surface area (Å²) in [5.41, 5.74) is 0.731. The Morgan fingerprint density at radius 1 is 1.38 bits per heavy atom. The molecule has 1 amide bonds. The number of nitrogens with zero attached hydrogens (tertiary/aromatic N) is 2. The maximum absolute atomic E-state index is 13.7. The van der Waals surface area contributed by atoms with Crippen LogP contribution in [0.2, 0.25) is 0 Å². The lowest BCUT2D eigenvalue weighted by atomic mass is 10.2. The summed E-state index contributed by atoms with van der Waals surface area (Å²) in [4.78, 5) is 15.6. The maximum atomic E-state index is 13.7. The first-order chi connectivity index (χ1) is 11.2. The van der Waals surface area contributed by atoms with E-state index in [1.807, 2.05) is 0 Å². The molecule has 1 aromatic rings. The highest BCUT2D eigenvalue weighted by Crippen LogP contribution is 2.19. The van der Waals surface area contributed by atoms with Gasteiger partial charge in [-0.15, -0.1) is 0 Å². The normalized spacial score (nSPS) is 19.5. The van der Waals surface area contributed by atoms with Crippen LogP contribution in [0.4, 0.5) is 4.39 Å². The highest BCUT2D eigenvalue weighted by molar-refractivity contribution is 7.91. The number of benzene rings is 1. The molecule has 1 saturated heterocycles. The first kappa shape index (κ1) is 18.7. The highest BCUT2D eigenvalue weighted by Gasteiger charge is 2.32. The fraction of sp³-hybridized carbons (Fsp3) is 0.562. The minimum absolute atomic E-state index is 0.0304. The van der Waals surface area contributed by atoms with Gasteiger partial charge in [-0.3, -0.25) is 9.69 Å². The molecule has 8 heteroatoms. The Morgan fingerprint density at radius 2 is 2.08 bits per heavy atom. The summed E-state index contributed by atoms with van der Waals surface area (Å²) in [6.07, 6.45) is 0.484. The summed E-state index contributed by atoms with van der Waals surface area (Å²) in [5, 5.41) is 0. The van der Waals surface area contributed by atoms with E-state index in [0.717, 1.165) is 5.56 Å². The van der Waals surface area contributed by atoms with Crippen molar-refractivity contribution in [2.24, 2.45) is 0 Å². The Hall–Kier alpha value is -1.67. The summed E-state index contributed by atoms with van der Waals surface area (Å²) < 4.78 is 41.6. The van der Waals surface area contributed by atoms with E-state index in [-0.39, 0.29) is 35.7 Å². The number of carbonyl (C=O) groups excluding carboxylic acids is 1. The van der Waals surface area contributed by atoms with Crippen molar-refractivity contribution < 1.29 is 22.3 Å². The van der Waals surface area contributed by atoms with Gasteiger partial charge in [-0.2, -0.15) is 0 Å². The summed E-state index contributed by atoms with van der Waals surface area (Å²) in [6.45, 7) is 0.546. The Kier molecular flexibility index (Phi) is 5.82. The minimum atomic E-state index is -3.02. The first-order valence-electron chi connectivity index (χ1n) is 7.69. The summed E-state index contributed by atoms with van der Waals surface area (Å²) in [6, 6.07) is 4.42. The van der Waals surface area contributed by atoms with Crippen LogP contribution in [0, 0.1) is 5.82 Å². The smallest absolute Gasteiger partial charge is 0.236 e. The number of halogens is 1. The molecule has 1 aliphatic rings. The zero-order valence-electron chi connectivity index (χ0n) is 14.2. The molecule has 1 unspecified atom stereocenters. The number of likely N-dealkylation sites (N-methyl/N-ethyl adjacent to an activating group) is 2. The fourth-order valence-corrected chi connectivity index (χ4v) is 4.58. The minimum Gasteiger partial charge on any atom is -0.494 e. The highest BCUT2D eigenvalue weighted by atomic mass is 32.2. The molecule has 1 aliphatic heterocycles. The second-order valence-corrected chi connectivity index (χ2v) is 8.43. The van der Waals surface area contributed by atoms with Gasteiger partial charge in [0.1, 0.15) is 0 Å². The molecule has 1 fully saturated rings. The van der Waals surface area contributed by atoms with Crippen molar-refractivity contribution in [3.63, 3.8) is 0 Å². The largest absolute Gasteiger partial charge is 0.494 e.